The molecule has 0 aliphatic carbocycles. The lowest BCUT2D eigenvalue weighted by atomic mass is 10.4. The SMILES string of the molecule is FC(F)(F)N1CCNc2n[nH]nc21. The van der Waals surface area contributed by atoms with E-state index in [-0.39, 0.29) is 29.6 Å². The van der Waals surface area contributed by atoms with Gasteiger partial charge in [-0.05, 0) is 0 Å². The molecule has 13 heavy (non-hydrogen) atoms. The minimum Gasteiger partial charge on any atom is -0.364 e. The van der Waals surface area contributed by atoms with E-state index in [9.17, 15) is 13.2 Å². The number of alkyl halides is 3. The second-order valence-corrected chi connectivity index (χ2v) is 2.54. The van der Waals surface area contributed by atoms with Gasteiger partial charge < -0.3 is 5.32 Å². The van der Waals surface area contributed by atoms with Crippen LogP contribution in [0.5, 0.6) is 0 Å². The Bertz CT molecular complexity index is 305. The van der Waals surface area contributed by atoms with Crippen molar-refractivity contribution in [3.8, 4) is 0 Å². The van der Waals surface area contributed by atoms with Crippen LogP contribution < -0.4 is 10.2 Å². The van der Waals surface area contributed by atoms with Crippen molar-refractivity contribution in [2.75, 3.05) is 23.3 Å². The molecule has 0 aromatic carbocycles. The first-order valence-electron chi connectivity index (χ1n) is 3.58. The van der Waals surface area contributed by atoms with E-state index < -0.39 is 6.30 Å². The van der Waals surface area contributed by atoms with E-state index in [1.54, 1.807) is 0 Å². The van der Waals surface area contributed by atoms with Crippen LogP contribution >= 0.6 is 0 Å². The number of H-pyrrole nitrogens is 1. The molecule has 0 saturated carbocycles. The van der Waals surface area contributed by atoms with Crippen LogP contribution in [0.2, 0.25) is 0 Å². The lowest BCUT2D eigenvalue weighted by Crippen LogP contribution is -2.44. The first-order valence-corrected chi connectivity index (χ1v) is 3.58. The van der Waals surface area contributed by atoms with Gasteiger partial charge in [0.15, 0.2) is 5.82 Å². The predicted molar refractivity (Wildman–Crippen MR) is 38.3 cm³/mol. The van der Waals surface area contributed by atoms with Crippen LogP contribution in [0.25, 0.3) is 0 Å². The van der Waals surface area contributed by atoms with Crippen LogP contribution in [0.4, 0.5) is 24.8 Å². The summed E-state index contributed by atoms with van der Waals surface area (Å²) in [5.74, 6) is -0.0534. The maximum Gasteiger partial charge on any atom is 0.486 e. The summed E-state index contributed by atoms with van der Waals surface area (Å²) in [5.41, 5.74) is 0. The first-order chi connectivity index (χ1) is 6.09. The fourth-order valence-electron chi connectivity index (χ4n) is 1.17. The molecule has 1 aromatic heterocycles. The number of hydrogen-bond donors (Lipinski definition) is 2. The summed E-state index contributed by atoms with van der Waals surface area (Å²) in [6.07, 6.45) is -4.40. The normalized spacial score (nSPS) is 16.7. The van der Waals surface area contributed by atoms with Gasteiger partial charge >= 0.3 is 6.30 Å². The Morgan fingerprint density at radius 1 is 1.31 bits per heavy atom. The highest BCUT2D eigenvalue weighted by molar-refractivity contribution is 5.62. The van der Waals surface area contributed by atoms with Crippen LogP contribution in [0, 0.1) is 0 Å². The second-order valence-electron chi connectivity index (χ2n) is 2.54. The number of aromatic amines is 1. The topological polar surface area (TPSA) is 56.8 Å². The van der Waals surface area contributed by atoms with E-state index in [2.05, 4.69) is 20.7 Å². The Labute approximate surface area is 70.9 Å². The molecule has 0 saturated heterocycles. The van der Waals surface area contributed by atoms with Gasteiger partial charge in [0.25, 0.3) is 0 Å². The Kier molecular flexibility index (Phi) is 1.57. The molecule has 0 spiro atoms. The van der Waals surface area contributed by atoms with E-state index in [0.717, 1.165) is 0 Å². The molecule has 2 heterocycles. The standard InChI is InChI=1S/C5H6F3N5/c6-5(7,8)13-2-1-9-3-4(13)11-12-10-3/h1-2H2,(H2,9,10,11,12). The van der Waals surface area contributed by atoms with E-state index in [1.165, 1.54) is 0 Å². The molecule has 72 valence electrons. The molecule has 5 nitrogen and oxygen atoms in total. The zero-order chi connectivity index (χ0) is 9.47. The van der Waals surface area contributed by atoms with Crippen LogP contribution in [0.15, 0.2) is 0 Å². The average molecular weight is 193 g/mol. The first kappa shape index (κ1) is 8.14. The summed E-state index contributed by atoms with van der Waals surface area (Å²) in [7, 11) is 0. The van der Waals surface area contributed by atoms with Crippen molar-refractivity contribution in [1.29, 1.82) is 0 Å². The van der Waals surface area contributed by atoms with Crippen molar-refractivity contribution in [3.63, 3.8) is 0 Å². The average Bonchev–Trinajstić information content (AvgIpc) is 2.48. The zero-order valence-corrected chi connectivity index (χ0v) is 6.39. The fraction of sp³-hybridized carbons (Fsp3) is 0.600. The summed E-state index contributed by atoms with van der Waals surface area (Å²) < 4.78 is 36.9. The van der Waals surface area contributed by atoms with Crippen molar-refractivity contribution in [3.05, 3.63) is 0 Å². The third kappa shape index (κ3) is 1.27. The van der Waals surface area contributed by atoms with Crippen molar-refractivity contribution in [2.24, 2.45) is 0 Å². The highest BCUT2D eigenvalue weighted by Gasteiger charge is 2.41. The van der Waals surface area contributed by atoms with E-state index in [4.69, 9.17) is 0 Å². The van der Waals surface area contributed by atoms with Gasteiger partial charge in [-0.3, -0.25) is 4.90 Å². The fourth-order valence-corrected chi connectivity index (χ4v) is 1.17. The van der Waals surface area contributed by atoms with Gasteiger partial charge in [0, 0.05) is 13.1 Å². The molecule has 0 atom stereocenters. The van der Waals surface area contributed by atoms with Gasteiger partial charge in [-0.2, -0.15) is 18.4 Å². The third-order valence-corrected chi connectivity index (χ3v) is 1.72. The molecule has 0 fully saturated rings. The second kappa shape index (κ2) is 2.51. The number of aromatic nitrogens is 3. The van der Waals surface area contributed by atoms with Crippen LogP contribution in [-0.2, 0) is 0 Å². The largest absolute Gasteiger partial charge is 0.486 e. The number of halogens is 3. The quantitative estimate of drug-likeness (QED) is 0.591. The number of rotatable bonds is 0. The molecule has 0 unspecified atom stereocenters. The molecular formula is C5H6F3N5. The van der Waals surface area contributed by atoms with E-state index in [0.29, 0.717) is 0 Å². The van der Waals surface area contributed by atoms with Gasteiger partial charge in [-0.15, -0.1) is 10.2 Å². The van der Waals surface area contributed by atoms with E-state index >= 15 is 0 Å². The Morgan fingerprint density at radius 2 is 2.08 bits per heavy atom. The lowest BCUT2D eigenvalue weighted by Gasteiger charge is -2.28. The maximum atomic E-state index is 12.3. The lowest BCUT2D eigenvalue weighted by molar-refractivity contribution is -0.129. The predicted octanol–water partition coefficient (Wildman–Crippen LogP) is 0.556. The third-order valence-electron chi connectivity index (χ3n) is 1.72. The highest BCUT2D eigenvalue weighted by atomic mass is 19.4. The van der Waals surface area contributed by atoms with E-state index in [1.807, 2.05) is 0 Å². The van der Waals surface area contributed by atoms with Crippen molar-refractivity contribution < 1.29 is 13.2 Å². The van der Waals surface area contributed by atoms with Gasteiger partial charge in [-0.25, -0.2) is 0 Å². The maximum absolute atomic E-state index is 12.3. The molecule has 8 heteroatoms. The number of nitrogens with zero attached hydrogens (tertiary/aromatic N) is 3. The number of anilines is 2. The van der Waals surface area contributed by atoms with Crippen LogP contribution in [0.1, 0.15) is 0 Å². The molecule has 2 rings (SSSR count). The molecule has 2 N–H and O–H groups in total. The monoisotopic (exact) mass is 193 g/mol. The molecule has 0 bridgehead atoms. The summed E-state index contributed by atoms with van der Waals surface area (Å²) >= 11 is 0. The minimum absolute atomic E-state index is 0.142. The molecule has 1 aromatic rings. The van der Waals surface area contributed by atoms with Gasteiger partial charge in [0.1, 0.15) is 0 Å². The number of fused-ring (bicyclic) bond motifs is 1. The van der Waals surface area contributed by atoms with Gasteiger partial charge in [-0.1, -0.05) is 0 Å². The Morgan fingerprint density at radius 3 is 2.77 bits per heavy atom. The minimum atomic E-state index is -4.40. The zero-order valence-electron chi connectivity index (χ0n) is 6.39. The summed E-state index contributed by atoms with van der Waals surface area (Å²) in [6, 6.07) is 0. The molecule has 0 radical (unpaired) electrons. The smallest absolute Gasteiger partial charge is 0.364 e. The Hall–Kier alpha value is -1.47. The summed E-state index contributed by atoms with van der Waals surface area (Å²) in [4.78, 5) is 0.252. The number of nitrogens with one attached hydrogen (secondary N) is 2. The van der Waals surface area contributed by atoms with Gasteiger partial charge in [0.2, 0.25) is 5.82 Å². The molecule has 1 aliphatic heterocycles. The van der Waals surface area contributed by atoms with Crippen LogP contribution in [-0.4, -0.2) is 34.8 Å². The number of hydrogen-bond acceptors (Lipinski definition) is 4. The van der Waals surface area contributed by atoms with Crippen molar-refractivity contribution >= 4 is 11.6 Å². The molecule has 1 aliphatic rings. The molecule has 0 amide bonds. The van der Waals surface area contributed by atoms with Crippen molar-refractivity contribution in [2.45, 2.75) is 6.30 Å². The summed E-state index contributed by atoms with van der Waals surface area (Å²) in [6.45, 7) is 0.0576. The van der Waals surface area contributed by atoms with Crippen LogP contribution in [0.3, 0.4) is 0 Å². The Balaban J connectivity index is 2.35. The highest BCUT2D eigenvalue weighted by Crippen LogP contribution is 2.32. The van der Waals surface area contributed by atoms with Gasteiger partial charge in [0.05, 0.1) is 0 Å². The van der Waals surface area contributed by atoms with Crippen molar-refractivity contribution in [1.82, 2.24) is 15.4 Å². The summed E-state index contributed by atoms with van der Waals surface area (Å²) in [5, 5.41) is 11.8. The molecular weight excluding hydrogens is 187 g/mol.